The van der Waals surface area contributed by atoms with Crippen molar-refractivity contribution < 1.29 is 13.2 Å². The van der Waals surface area contributed by atoms with Gasteiger partial charge >= 0.3 is 0 Å². The fraction of sp³-hybridized carbons (Fsp3) is 0.533. The molecule has 0 bridgehead atoms. The molecule has 0 aromatic heterocycles. The summed E-state index contributed by atoms with van der Waals surface area (Å²) in [7, 11) is -3.95. The molecule has 1 rings (SSSR count). The molecule has 23 heavy (non-hydrogen) atoms. The average Bonchev–Trinajstić information content (AvgIpc) is 2.51. The Bertz CT molecular complexity index is 621. The lowest BCUT2D eigenvalue weighted by molar-refractivity contribution is -0.121. The molecule has 0 atom stereocenters. The molecule has 0 saturated carbocycles. The molecule has 1 aromatic rings. The summed E-state index contributed by atoms with van der Waals surface area (Å²) in [6.07, 6.45) is 6.59. The van der Waals surface area contributed by atoms with Gasteiger partial charge in [-0.15, -0.1) is 4.83 Å². The van der Waals surface area contributed by atoms with E-state index in [-0.39, 0.29) is 27.3 Å². The van der Waals surface area contributed by atoms with E-state index in [2.05, 4.69) is 12.3 Å². The van der Waals surface area contributed by atoms with Gasteiger partial charge in [0.05, 0.1) is 5.02 Å². The van der Waals surface area contributed by atoms with Crippen LogP contribution in [0.5, 0.6) is 0 Å². The van der Waals surface area contributed by atoms with Crippen LogP contribution in [0.3, 0.4) is 0 Å². The Labute approximate surface area is 147 Å². The fourth-order valence-corrected chi connectivity index (χ4v) is 3.61. The van der Waals surface area contributed by atoms with E-state index >= 15 is 0 Å². The summed E-state index contributed by atoms with van der Waals surface area (Å²) in [5, 5.41) is 0.278. The summed E-state index contributed by atoms with van der Waals surface area (Å²) in [6.45, 7) is 2.14. The van der Waals surface area contributed by atoms with E-state index in [9.17, 15) is 13.2 Å². The Morgan fingerprint density at radius 1 is 1.09 bits per heavy atom. The number of carbonyl (C=O) groups is 1. The molecule has 2 N–H and O–H groups in total. The van der Waals surface area contributed by atoms with Gasteiger partial charge in [-0.25, -0.2) is 8.42 Å². The van der Waals surface area contributed by atoms with E-state index in [1.54, 1.807) is 0 Å². The number of halogens is 2. The van der Waals surface area contributed by atoms with E-state index < -0.39 is 10.0 Å². The van der Waals surface area contributed by atoms with Gasteiger partial charge < -0.3 is 0 Å². The molecule has 0 aliphatic heterocycles. The largest absolute Gasteiger partial charge is 0.278 e. The van der Waals surface area contributed by atoms with Crippen LogP contribution >= 0.6 is 23.2 Å². The smallest absolute Gasteiger partial charge is 0.258 e. The predicted octanol–water partition coefficient (Wildman–Crippen LogP) is 4.05. The van der Waals surface area contributed by atoms with E-state index in [0.717, 1.165) is 25.7 Å². The Kier molecular flexibility index (Phi) is 8.91. The minimum atomic E-state index is -3.95. The number of nitrogens with one attached hydrogen (secondary N) is 2. The Morgan fingerprint density at radius 3 is 2.43 bits per heavy atom. The van der Waals surface area contributed by atoms with Gasteiger partial charge in [-0.05, 0) is 24.6 Å². The molecule has 0 radical (unpaired) electrons. The van der Waals surface area contributed by atoms with Crippen LogP contribution < -0.4 is 10.3 Å². The molecule has 0 saturated heterocycles. The molecule has 130 valence electrons. The van der Waals surface area contributed by atoms with Gasteiger partial charge in [0.25, 0.3) is 10.0 Å². The summed E-state index contributed by atoms with van der Waals surface area (Å²) in [5.41, 5.74) is 2.19. The van der Waals surface area contributed by atoms with Gasteiger partial charge in [0.15, 0.2) is 0 Å². The first-order valence-corrected chi connectivity index (χ1v) is 9.86. The van der Waals surface area contributed by atoms with Crippen LogP contribution in [0.4, 0.5) is 0 Å². The fourth-order valence-electron chi connectivity index (χ4n) is 1.99. The van der Waals surface area contributed by atoms with Crippen molar-refractivity contribution in [3.63, 3.8) is 0 Å². The standard InChI is InChI=1S/C15H22Cl2N2O3S/c1-2-3-4-5-6-7-8-15(20)18-19-23(21,22)14-11-12(16)9-10-13(14)17/h9-11,19H,2-8H2,1H3,(H,18,20). The van der Waals surface area contributed by atoms with Gasteiger partial charge in [-0.3, -0.25) is 10.2 Å². The van der Waals surface area contributed by atoms with Crippen molar-refractivity contribution in [3.8, 4) is 0 Å². The summed E-state index contributed by atoms with van der Waals surface area (Å²) in [4.78, 5) is 13.5. The van der Waals surface area contributed by atoms with Crippen molar-refractivity contribution in [2.75, 3.05) is 0 Å². The number of hydrogen-bond acceptors (Lipinski definition) is 3. The highest BCUT2D eigenvalue weighted by Crippen LogP contribution is 2.24. The molecular formula is C15H22Cl2N2O3S. The molecule has 0 spiro atoms. The zero-order chi connectivity index (χ0) is 17.3. The summed E-state index contributed by atoms with van der Waals surface area (Å²) in [5.74, 6) is -0.373. The molecule has 0 aliphatic carbocycles. The van der Waals surface area contributed by atoms with Crippen molar-refractivity contribution >= 4 is 39.1 Å². The summed E-state index contributed by atoms with van der Waals surface area (Å²) >= 11 is 11.6. The molecule has 1 amide bonds. The van der Waals surface area contributed by atoms with E-state index in [0.29, 0.717) is 0 Å². The summed E-state index contributed by atoms with van der Waals surface area (Å²) in [6, 6.07) is 4.10. The van der Waals surface area contributed by atoms with E-state index in [4.69, 9.17) is 23.2 Å². The average molecular weight is 381 g/mol. The maximum atomic E-state index is 12.1. The second-order valence-electron chi connectivity index (χ2n) is 5.25. The third-order valence-electron chi connectivity index (χ3n) is 3.26. The van der Waals surface area contributed by atoms with Crippen LogP contribution in [-0.4, -0.2) is 14.3 Å². The molecule has 0 unspecified atom stereocenters. The lowest BCUT2D eigenvalue weighted by Crippen LogP contribution is -2.41. The normalized spacial score (nSPS) is 11.4. The third-order valence-corrected chi connectivity index (χ3v) is 5.23. The third kappa shape index (κ3) is 7.52. The Balaban J connectivity index is 2.41. The van der Waals surface area contributed by atoms with E-state index in [1.807, 2.05) is 4.83 Å². The second-order valence-corrected chi connectivity index (χ2v) is 7.74. The van der Waals surface area contributed by atoms with Gasteiger partial charge in [0.2, 0.25) is 5.91 Å². The predicted molar refractivity (Wildman–Crippen MR) is 92.9 cm³/mol. The topological polar surface area (TPSA) is 75.3 Å². The monoisotopic (exact) mass is 380 g/mol. The van der Waals surface area contributed by atoms with Crippen LogP contribution in [0.15, 0.2) is 23.1 Å². The number of sulfonamides is 1. The van der Waals surface area contributed by atoms with E-state index in [1.165, 1.54) is 31.0 Å². The van der Waals surface area contributed by atoms with Gasteiger partial charge in [0, 0.05) is 11.4 Å². The van der Waals surface area contributed by atoms with Gasteiger partial charge in [-0.1, -0.05) is 62.2 Å². The lowest BCUT2D eigenvalue weighted by Gasteiger charge is -2.10. The first-order chi connectivity index (χ1) is 10.9. The molecule has 0 aliphatic rings. The van der Waals surface area contributed by atoms with Crippen molar-refractivity contribution in [2.45, 2.75) is 56.8 Å². The quantitative estimate of drug-likeness (QED) is 0.474. The van der Waals surface area contributed by atoms with Crippen LogP contribution in [-0.2, 0) is 14.8 Å². The van der Waals surface area contributed by atoms with Crippen molar-refractivity contribution in [2.24, 2.45) is 0 Å². The number of hydrazine groups is 1. The minimum Gasteiger partial charge on any atom is -0.278 e. The lowest BCUT2D eigenvalue weighted by atomic mass is 10.1. The SMILES string of the molecule is CCCCCCCCC(=O)NNS(=O)(=O)c1cc(Cl)ccc1Cl. The molecule has 1 aromatic carbocycles. The van der Waals surface area contributed by atoms with Crippen molar-refractivity contribution in [1.82, 2.24) is 10.3 Å². The summed E-state index contributed by atoms with van der Waals surface area (Å²) < 4.78 is 24.2. The number of benzene rings is 1. The molecule has 8 heteroatoms. The number of amides is 1. The van der Waals surface area contributed by atoms with Crippen LogP contribution in [0.25, 0.3) is 0 Å². The van der Waals surface area contributed by atoms with Crippen molar-refractivity contribution in [1.29, 1.82) is 0 Å². The number of carbonyl (C=O) groups excluding carboxylic acids is 1. The maximum absolute atomic E-state index is 12.1. The molecular weight excluding hydrogens is 359 g/mol. The molecule has 0 heterocycles. The highest BCUT2D eigenvalue weighted by molar-refractivity contribution is 7.89. The minimum absolute atomic E-state index is 0.0343. The van der Waals surface area contributed by atoms with Crippen LogP contribution in [0.2, 0.25) is 10.0 Å². The van der Waals surface area contributed by atoms with Crippen LogP contribution in [0, 0.1) is 0 Å². The van der Waals surface area contributed by atoms with Crippen molar-refractivity contribution in [3.05, 3.63) is 28.2 Å². The first-order valence-electron chi connectivity index (χ1n) is 7.62. The Morgan fingerprint density at radius 2 is 1.74 bits per heavy atom. The van der Waals surface area contributed by atoms with Gasteiger partial charge in [0.1, 0.15) is 4.90 Å². The zero-order valence-corrected chi connectivity index (χ0v) is 15.4. The molecule has 0 fully saturated rings. The highest BCUT2D eigenvalue weighted by atomic mass is 35.5. The Hall–Kier alpha value is -0.820. The zero-order valence-electron chi connectivity index (χ0n) is 13.1. The van der Waals surface area contributed by atoms with Gasteiger partial charge in [-0.2, -0.15) is 0 Å². The first kappa shape index (κ1) is 20.2. The highest BCUT2D eigenvalue weighted by Gasteiger charge is 2.19. The molecule has 5 nitrogen and oxygen atoms in total. The maximum Gasteiger partial charge on any atom is 0.258 e. The van der Waals surface area contributed by atoms with Crippen LogP contribution in [0.1, 0.15) is 51.9 Å². The number of rotatable bonds is 10. The number of unbranched alkanes of at least 4 members (excludes halogenated alkanes) is 5. The second kappa shape index (κ2) is 10.1. The number of hydrogen-bond donors (Lipinski definition) is 2.